The molecule has 0 unspecified atom stereocenters. The average Bonchev–Trinajstić information content (AvgIpc) is 2.80. The Morgan fingerprint density at radius 1 is 1.42 bits per heavy atom. The minimum atomic E-state index is -0.442. The molecule has 2 aromatic rings. The van der Waals surface area contributed by atoms with Crippen LogP contribution in [-0.4, -0.2) is 24.8 Å². The Hall–Kier alpha value is -2.28. The number of rotatable bonds is 4. The Morgan fingerprint density at radius 3 is 2.74 bits per heavy atom. The van der Waals surface area contributed by atoms with Gasteiger partial charge in [0, 0.05) is 12.6 Å². The maximum atomic E-state index is 11.1. The van der Waals surface area contributed by atoms with E-state index in [0.717, 1.165) is 5.56 Å². The molecule has 19 heavy (non-hydrogen) atoms. The summed E-state index contributed by atoms with van der Waals surface area (Å²) in [5, 5.41) is 28.1. The molecule has 2 rings (SSSR count). The van der Waals surface area contributed by atoms with Crippen molar-refractivity contribution in [1.82, 2.24) is 14.8 Å². The van der Waals surface area contributed by atoms with Crippen LogP contribution in [0.15, 0.2) is 18.2 Å². The molecule has 1 aromatic heterocycles. The minimum Gasteiger partial charge on any atom is -0.388 e. The Balaban J connectivity index is 2.67. The standard InChI is InChI=1S/C12H14N4O3/c1-3-15-11(7-17)13-14-12(15)9-6-8(2)4-5-10(9)16(18)19/h4-6,17H,3,7H2,1-2H3. The highest BCUT2D eigenvalue weighted by Crippen LogP contribution is 2.29. The monoisotopic (exact) mass is 262 g/mol. The summed E-state index contributed by atoms with van der Waals surface area (Å²) in [6.07, 6.45) is 0. The molecule has 0 atom stereocenters. The lowest BCUT2D eigenvalue weighted by molar-refractivity contribution is -0.384. The van der Waals surface area contributed by atoms with Crippen LogP contribution in [0.5, 0.6) is 0 Å². The van der Waals surface area contributed by atoms with E-state index >= 15 is 0 Å². The molecular formula is C12H14N4O3. The number of nitro benzene ring substituents is 1. The van der Waals surface area contributed by atoms with E-state index in [1.807, 2.05) is 13.8 Å². The number of aryl methyl sites for hydroxylation is 1. The van der Waals surface area contributed by atoms with Crippen molar-refractivity contribution in [2.45, 2.75) is 27.0 Å². The van der Waals surface area contributed by atoms with E-state index in [1.54, 1.807) is 16.7 Å². The Labute approximate surface area is 109 Å². The maximum Gasteiger partial charge on any atom is 0.280 e. The molecular weight excluding hydrogens is 248 g/mol. The van der Waals surface area contributed by atoms with Crippen LogP contribution in [-0.2, 0) is 13.2 Å². The summed E-state index contributed by atoms with van der Waals surface area (Å²) in [4.78, 5) is 10.6. The summed E-state index contributed by atoms with van der Waals surface area (Å²) in [5.74, 6) is 0.801. The van der Waals surface area contributed by atoms with Crippen LogP contribution >= 0.6 is 0 Å². The van der Waals surface area contributed by atoms with Crippen molar-refractivity contribution in [3.8, 4) is 11.4 Å². The summed E-state index contributed by atoms with van der Waals surface area (Å²) in [6.45, 7) is 4.00. The Morgan fingerprint density at radius 2 is 2.16 bits per heavy atom. The molecule has 0 saturated carbocycles. The van der Waals surface area contributed by atoms with Gasteiger partial charge in [0.2, 0.25) is 0 Å². The topological polar surface area (TPSA) is 94.1 Å². The van der Waals surface area contributed by atoms with E-state index in [0.29, 0.717) is 23.8 Å². The lowest BCUT2D eigenvalue weighted by Gasteiger charge is -2.07. The summed E-state index contributed by atoms with van der Waals surface area (Å²) in [6, 6.07) is 4.84. The van der Waals surface area contributed by atoms with Gasteiger partial charge in [-0.15, -0.1) is 10.2 Å². The number of nitro groups is 1. The number of aromatic nitrogens is 3. The number of aliphatic hydroxyl groups is 1. The Bertz CT molecular complexity index is 621. The molecule has 0 aliphatic carbocycles. The largest absolute Gasteiger partial charge is 0.388 e. The first kappa shape index (κ1) is 13.2. The van der Waals surface area contributed by atoms with Gasteiger partial charge in [-0.2, -0.15) is 0 Å². The maximum absolute atomic E-state index is 11.1. The third-order valence-corrected chi connectivity index (χ3v) is 2.87. The molecule has 7 heteroatoms. The van der Waals surface area contributed by atoms with Crippen LogP contribution in [0.1, 0.15) is 18.3 Å². The van der Waals surface area contributed by atoms with Crippen molar-refractivity contribution in [3.63, 3.8) is 0 Å². The molecule has 0 saturated heterocycles. The van der Waals surface area contributed by atoms with E-state index < -0.39 is 4.92 Å². The molecule has 1 heterocycles. The fraction of sp³-hybridized carbons (Fsp3) is 0.333. The normalized spacial score (nSPS) is 10.7. The first-order valence-electron chi connectivity index (χ1n) is 5.86. The first-order chi connectivity index (χ1) is 9.08. The molecule has 1 N–H and O–H groups in total. The van der Waals surface area contributed by atoms with E-state index in [-0.39, 0.29) is 12.3 Å². The minimum absolute atomic E-state index is 0.0165. The zero-order valence-electron chi connectivity index (χ0n) is 10.7. The summed E-state index contributed by atoms with van der Waals surface area (Å²) >= 11 is 0. The second kappa shape index (κ2) is 5.15. The molecule has 0 fully saturated rings. The third-order valence-electron chi connectivity index (χ3n) is 2.87. The van der Waals surface area contributed by atoms with Gasteiger partial charge >= 0.3 is 0 Å². The number of hydrogen-bond acceptors (Lipinski definition) is 5. The molecule has 0 aliphatic heterocycles. The predicted octanol–water partition coefficient (Wildman–Crippen LogP) is 1.67. The van der Waals surface area contributed by atoms with E-state index in [9.17, 15) is 15.2 Å². The zero-order valence-corrected chi connectivity index (χ0v) is 10.7. The highest BCUT2D eigenvalue weighted by atomic mass is 16.6. The molecule has 0 amide bonds. The predicted molar refractivity (Wildman–Crippen MR) is 68.4 cm³/mol. The van der Waals surface area contributed by atoms with Crippen molar-refractivity contribution in [2.24, 2.45) is 0 Å². The number of nitrogens with zero attached hydrogens (tertiary/aromatic N) is 4. The fourth-order valence-electron chi connectivity index (χ4n) is 1.97. The third kappa shape index (κ3) is 2.32. The van der Waals surface area contributed by atoms with Gasteiger partial charge in [-0.25, -0.2) is 0 Å². The SMILES string of the molecule is CCn1c(CO)nnc1-c1cc(C)ccc1[N+](=O)[O-]. The highest BCUT2D eigenvalue weighted by Gasteiger charge is 2.21. The smallest absolute Gasteiger partial charge is 0.280 e. The molecule has 1 aromatic carbocycles. The van der Waals surface area contributed by atoms with Gasteiger partial charge in [0.1, 0.15) is 6.61 Å². The van der Waals surface area contributed by atoms with Crippen LogP contribution in [0, 0.1) is 17.0 Å². The van der Waals surface area contributed by atoms with Gasteiger partial charge in [0.15, 0.2) is 11.6 Å². The van der Waals surface area contributed by atoms with Crippen LogP contribution in [0.2, 0.25) is 0 Å². The molecule has 7 nitrogen and oxygen atoms in total. The highest BCUT2D eigenvalue weighted by molar-refractivity contribution is 5.69. The van der Waals surface area contributed by atoms with Crippen molar-refractivity contribution < 1.29 is 10.0 Å². The van der Waals surface area contributed by atoms with Crippen LogP contribution in [0.3, 0.4) is 0 Å². The van der Waals surface area contributed by atoms with Gasteiger partial charge in [-0.05, 0) is 25.5 Å². The van der Waals surface area contributed by atoms with Gasteiger partial charge in [-0.3, -0.25) is 10.1 Å². The molecule has 0 aliphatic rings. The molecule has 100 valence electrons. The summed E-state index contributed by atoms with van der Waals surface area (Å²) < 4.78 is 1.67. The van der Waals surface area contributed by atoms with Gasteiger partial charge in [-0.1, -0.05) is 6.07 Å². The van der Waals surface area contributed by atoms with Crippen LogP contribution < -0.4 is 0 Å². The van der Waals surface area contributed by atoms with Gasteiger partial charge in [0.05, 0.1) is 10.5 Å². The molecule has 0 bridgehead atoms. The van der Waals surface area contributed by atoms with Crippen LogP contribution in [0.25, 0.3) is 11.4 Å². The van der Waals surface area contributed by atoms with E-state index in [2.05, 4.69) is 10.2 Å². The lowest BCUT2D eigenvalue weighted by atomic mass is 10.1. The van der Waals surface area contributed by atoms with Crippen molar-refractivity contribution in [3.05, 3.63) is 39.7 Å². The van der Waals surface area contributed by atoms with Crippen molar-refractivity contribution in [1.29, 1.82) is 0 Å². The second-order valence-electron chi connectivity index (χ2n) is 4.12. The fourth-order valence-corrected chi connectivity index (χ4v) is 1.97. The molecule has 0 spiro atoms. The van der Waals surface area contributed by atoms with Crippen LogP contribution in [0.4, 0.5) is 5.69 Å². The second-order valence-corrected chi connectivity index (χ2v) is 4.12. The lowest BCUT2D eigenvalue weighted by Crippen LogP contribution is -2.04. The number of benzene rings is 1. The quantitative estimate of drug-likeness (QED) is 0.668. The van der Waals surface area contributed by atoms with Gasteiger partial charge < -0.3 is 9.67 Å². The summed E-state index contributed by atoms with van der Waals surface area (Å²) in [7, 11) is 0. The summed E-state index contributed by atoms with van der Waals surface area (Å²) in [5.41, 5.74) is 1.30. The number of hydrogen-bond donors (Lipinski definition) is 1. The van der Waals surface area contributed by atoms with Crippen molar-refractivity contribution in [2.75, 3.05) is 0 Å². The van der Waals surface area contributed by atoms with Gasteiger partial charge in [0.25, 0.3) is 5.69 Å². The Kier molecular flexibility index (Phi) is 3.57. The number of aliphatic hydroxyl groups excluding tert-OH is 1. The average molecular weight is 262 g/mol. The molecule has 0 radical (unpaired) electrons. The first-order valence-corrected chi connectivity index (χ1v) is 5.86. The van der Waals surface area contributed by atoms with E-state index in [1.165, 1.54) is 6.07 Å². The van der Waals surface area contributed by atoms with Crippen molar-refractivity contribution >= 4 is 5.69 Å². The van der Waals surface area contributed by atoms with E-state index in [4.69, 9.17) is 0 Å². The zero-order chi connectivity index (χ0) is 14.0.